The lowest BCUT2D eigenvalue weighted by molar-refractivity contribution is 0.0964. The highest BCUT2D eigenvalue weighted by Crippen LogP contribution is 2.22. The zero-order chi connectivity index (χ0) is 12.4. The molecular formula is C13H14FNO2. The van der Waals surface area contributed by atoms with Crippen molar-refractivity contribution in [2.24, 2.45) is 0 Å². The summed E-state index contributed by atoms with van der Waals surface area (Å²) in [6, 6.07) is 6.41. The number of carbonyl (C=O) groups is 1. The van der Waals surface area contributed by atoms with Crippen LogP contribution in [0.5, 0.6) is 0 Å². The van der Waals surface area contributed by atoms with Gasteiger partial charge in [-0.1, -0.05) is 26.0 Å². The molecule has 1 aromatic carbocycles. The lowest BCUT2D eigenvalue weighted by atomic mass is 10.2. The SMILES string of the molecule is CC(C)NCC(=O)c1cc2cccc(F)c2o1. The van der Waals surface area contributed by atoms with Crippen molar-refractivity contribution in [2.45, 2.75) is 19.9 Å². The van der Waals surface area contributed by atoms with Crippen LogP contribution in [-0.2, 0) is 0 Å². The zero-order valence-corrected chi connectivity index (χ0v) is 9.79. The molecule has 1 aromatic heterocycles. The van der Waals surface area contributed by atoms with Crippen molar-refractivity contribution >= 4 is 16.8 Å². The lowest BCUT2D eigenvalue weighted by Crippen LogP contribution is -2.28. The number of carbonyl (C=O) groups excluding carboxylic acids is 1. The third-order valence-corrected chi connectivity index (χ3v) is 2.44. The average Bonchev–Trinajstić information content (AvgIpc) is 2.71. The molecule has 3 nitrogen and oxygen atoms in total. The van der Waals surface area contributed by atoms with Crippen LogP contribution in [0, 0.1) is 5.82 Å². The molecule has 0 bridgehead atoms. The van der Waals surface area contributed by atoms with E-state index in [0.717, 1.165) is 0 Å². The van der Waals surface area contributed by atoms with Crippen molar-refractivity contribution in [1.82, 2.24) is 5.32 Å². The number of para-hydroxylation sites is 1. The Hall–Kier alpha value is -1.68. The highest BCUT2D eigenvalue weighted by Gasteiger charge is 2.14. The first-order chi connectivity index (χ1) is 8.08. The van der Waals surface area contributed by atoms with E-state index in [-0.39, 0.29) is 29.7 Å². The summed E-state index contributed by atoms with van der Waals surface area (Å²) in [4.78, 5) is 11.8. The van der Waals surface area contributed by atoms with Crippen LogP contribution in [-0.4, -0.2) is 18.4 Å². The van der Waals surface area contributed by atoms with E-state index in [1.807, 2.05) is 13.8 Å². The van der Waals surface area contributed by atoms with Gasteiger partial charge in [0.15, 0.2) is 17.2 Å². The van der Waals surface area contributed by atoms with Crippen LogP contribution >= 0.6 is 0 Å². The summed E-state index contributed by atoms with van der Waals surface area (Å²) in [5.41, 5.74) is 0.139. The van der Waals surface area contributed by atoms with Gasteiger partial charge in [-0.3, -0.25) is 4.79 Å². The van der Waals surface area contributed by atoms with Gasteiger partial charge in [0.05, 0.1) is 6.54 Å². The molecule has 0 aliphatic rings. The molecule has 0 fully saturated rings. The standard InChI is InChI=1S/C13H14FNO2/c1-8(2)15-7-11(16)12-6-9-4-3-5-10(14)13(9)17-12/h3-6,8,15H,7H2,1-2H3. The van der Waals surface area contributed by atoms with Gasteiger partial charge in [-0.05, 0) is 12.1 Å². The van der Waals surface area contributed by atoms with Gasteiger partial charge in [0.2, 0.25) is 5.78 Å². The molecule has 0 aliphatic carbocycles. The first-order valence-electron chi connectivity index (χ1n) is 5.52. The van der Waals surface area contributed by atoms with Gasteiger partial charge in [0.25, 0.3) is 0 Å². The van der Waals surface area contributed by atoms with Gasteiger partial charge in [0, 0.05) is 11.4 Å². The van der Waals surface area contributed by atoms with Gasteiger partial charge < -0.3 is 9.73 Å². The maximum atomic E-state index is 13.4. The highest BCUT2D eigenvalue weighted by molar-refractivity contribution is 5.98. The topological polar surface area (TPSA) is 42.2 Å². The summed E-state index contributed by atoms with van der Waals surface area (Å²) >= 11 is 0. The summed E-state index contributed by atoms with van der Waals surface area (Å²) in [5.74, 6) is -0.425. The molecular weight excluding hydrogens is 221 g/mol. The molecule has 0 unspecified atom stereocenters. The fourth-order valence-corrected chi connectivity index (χ4v) is 1.55. The second kappa shape index (κ2) is 4.67. The minimum absolute atomic E-state index is 0.139. The van der Waals surface area contributed by atoms with Crippen LogP contribution in [0.2, 0.25) is 0 Å². The summed E-state index contributed by atoms with van der Waals surface area (Å²) in [5, 5.41) is 3.61. The fourth-order valence-electron chi connectivity index (χ4n) is 1.55. The summed E-state index contributed by atoms with van der Waals surface area (Å²) < 4.78 is 18.6. The number of ketones is 1. The Morgan fingerprint density at radius 1 is 1.47 bits per heavy atom. The molecule has 90 valence electrons. The van der Waals surface area contributed by atoms with Crippen LogP contribution in [0.15, 0.2) is 28.7 Å². The zero-order valence-electron chi connectivity index (χ0n) is 9.79. The largest absolute Gasteiger partial charge is 0.450 e. The molecule has 0 radical (unpaired) electrons. The number of Topliss-reactive ketones (excluding diaryl/α,β-unsaturated/α-hetero) is 1. The monoisotopic (exact) mass is 235 g/mol. The van der Waals surface area contributed by atoms with E-state index < -0.39 is 5.82 Å². The number of hydrogen-bond acceptors (Lipinski definition) is 3. The molecule has 0 saturated carbocycles. The molecule has 0 atom stereocenters. The van der Waals surface area contributed by atoms with Crippen molar-refractivity contribution in [3.8, 4) is 0 Å². The number of furan rings is 1. The number of nitrogens with one attached hydrogen (secondary N) is 1. The van der Waals surface area contributed by atoms with Gasteiger partial charge in [-0.25, -0.2) is 4.39 Å². The minimum atomic E-state index is -0.446. The first kappa shape index (κ1) is 11.8. The van der Waals surface area contributed by atoms with E-state index >= 15 is 0 Å². The van der Waals surface area contributed by atoms with Gasteiger partial charge >= 0.3 is 0 Å². The van der Waals surface area contributed by atoms with Crippen LogP contribution in [0.4, 0.5) is 4.39 Å². The molecule has 1 heterocycles. The number of benzene rings is 1. The maximum Gasteiger partial charge on any atom is 0.211 e. The molecule has 0 spiro atoms. The Balaban J connectivity index is 2.24. The quantitative estimate of drug-likeness (QED) is 0.828. The van der Waals surface area contributed by atoms with Crippen LogP contribution in [0.3, 0.4) is 0 Å². The van der Waals surface area contributed by atoms with E-state index in [0.29, 0.717) is 5.39 Å². The lowest BCUT2D eigenvalue weighted by Gasteiger charge is -2.04. The fraction of sp³-hybridized carbons (Fsp3) is 0.308. The Bertz CT molecular complexity index is 545. The number of fused-ring (bicyclic) bond motifs is 1. The van der Waals surface area contributed by atoms with Crippen molar-refractivity contribution in [1.29, 1.82) is 0 Å². The average molecular weight is 235 g/mol. The van der Waals surface area contributed by atoms with Crippen molar-refractivity contribution in [3.63, 3.8) is 0 Å². The second-order valence-corrected chi connectivity index (χ2v) is 4.23. The van der Waals surface area contributed by atoms with Gasteiger partial charge in [-0.2, -0.15) is 0 Å². The molecule has 0 aliphatic heterocycles. The van der Waals surface area contributed by atoms with E-state index in [1.54, 1.807) is 18.2 Å². The Morgan fingerprint density at radius 2 is 2.24 bits per heavy atom. The smallest absolute Gasteiger partial charge is 0.211 e. The summed E-state index contributed by atoms with van der Waals surface area (Å²) in [6.07, 6.45) is 0. The van der Waals surface area contributed by atoms with Crippen LogP contribution in [0.25, 0.3) is 11.0 Å². The highest BCUT2D eigenvalue weighted by atomic mass is 19.1. The van der Waals surface area contributed by atoms with E-state index in [2.05, 4.69) is 5.32 Å². The van der Waals surface area contributed by atoms with Gasteiger partial charge in [-0.15, -0.1) is 0 Å². The van der Waals surface area contributed by atoms with Crippen molar-refractivity contribution in [3.05, 3.63) is 35.8 Å². The van der Waals surface area contributed by atoms with E-state index in [4.69, 9.17) is 4.42 Å². The van der Waals surface area contributed by atoms with E-state index in [1.165, 1.54) is 6.07 Å². The molecule has 17 heavy (non-hydrogen) atoms. The van der Waals surface area contributed by atoms with Gasteiger partial charge in [0.1, 0.15) is 0 Å². The third kappa shape index (κ3) is 2.53. The molecule has 2 aromatic rings. The van der Waals surface area contributed by atoms with E-state index in [9.17, 15) is 9.18 Å². The summed E-state index contributed by atoms with van der Waals surface area (Å²) in [7, 11) is 0. The molecule has 2 rings (SSSR count). The van der Waals surface area contributed by atoms with Crippen LogP contribution in [0.1, 0.15) is 24.4 Å². The minimum Gasteiger partial charge on any atom is -0.450 e. The summed E-state index contributed by atoms with van der Waals surface area (Å²) in [6.45, 7) is 4.09. The maximum absolute atomic E-state index is 13.4. The molecule has 0 saturated heterocycles. The predicted octanol–water partition coefficient (Wildman–Crippen LogP) is 2.75. The predicted molar refractivity (Wildman–Crippen MR) is 63.6 cm³/mol. The number of hydrogen-bond donors (Lipinski definition) is 1. The number of rotatable bonds is 4. The first-order valence-corrected chi connectivity index (χ1v) is 5.52. The Labute approximate surface area is 98.6 Å². The normalized spacial score (nSPS) is 11.3. The van der Waals surface area contributed by atoms with Crippen LogP contribution < -0.4 is 5.32 Å². The number of halogens is 1. The molecule has 0 amide bonds. The third-order valence-electron chi connectivity index (χ3n) is 2.44. The second-order valence-electron chi connectivity index (χ2n) is 4.23. The Morgan fingerprint density at radius 3 is 2.88 bits per heavy atom. The molecule has 4 heteroatoms. The Kier molecular flexibility index (Phi) is 3.24. The van der Waals surface area contributed by atoms with Crippen molar-refractivity contribution < 1.29 is 13.6 Å². The van der Waals surface area contributed by atoms with Crippen molar-refractivity contribution in [2.75, 3.05) is 6.54 Å². The molecule has 1 N–H and O–H groups in total.